The van der Waals surface area contributed by atoms with Gasteiger partial charge in [-0.3, -0.25) is 4.79 Å². The minimum Gasteiger partial charge on any atom is -0.477 e. The molecule has 130 valence electrons. The van der Waals surface area contributed by atoms with Crippen LogP contribution in [-0.4, -0.2) is 54.4 Å². The van der Waals surface area contributed by atoms with Gasteiger partial charge in [-0.2, -0.15) is 0 Å². The number of aromatic nitrogens is 2. The van der Waals surface area contributed by atoms with Crippen molar-refractivity contribution < 1.29 is 24.2 Å². The second kappa shape index (κ2) is 6.41. The number of amides is 1. The SMILES string of the molecule is Cc1nnc(SCSC2=C(C(=O)O)N3C(=O)[C@H]([C@@H](C)O)[C@H]3[C@H]2C)o1. The van der Waals surface area contributed by atoms with E-state index in [4.69, 9.17) is 4.42 Å². The Balaban J connectivity index is 1.75. The van der Waals surface area contributed by atoms with E-state index in [-0.39, 0.29) is 23.6 Å². The van der Waals surface area contributed by atoms with Gasteiger partial charge in [0.05, 0.1) is 23.1 Å². The molecule has 1 fully saturated rings. The third-order valence-corrected chi connectivity index (χ3v) is 6.45. The molecule has 1 amide bonds. The van der Waals surface area contributed by atoms with Gasteiger partial charge in [-0.05, 0) is 6.92 Å². The smallest absolute Gasteiger partial charge is 0.353 e. The molecule has 2 aliphatic rings. The molecule has 0 radical (unpaired) electrons. The van der Waals surface area contributed by atoms with Gasteiger partial charge in [0.2, 0.25) is 11.8 Å². The number of thioether (sulfide) groups is 2. The summed E-state index contributed by atoms with van der Waals surface area (Å²) in [6, 6.07) is -0.290. The standard InChI is InChI=1S/C14H17N3O5S2/c1-5-9-8(6(2)18)12(19)17(9)10(13(20)21)11(5)23-4-24-14-16-15-7(3)22-14/h5-6,8-9,18H,4H2,1-3H3,(H,20,21)/t5-,6-,8-,9-/m1/s1. The van der Waals surface area contributed by atoms with Crippen molar-refractivity contribution in [1.82, 2.24) is 15.1 Å². The van der Waals surface area contributed by atoms with Crippen LogP contribution in [0.4, 0.5) is 0 Å². The van der Waals surface area contributed by atoms with Crippen LogP contribution in [0.1, 0.15) is 19.7 Å². The first kappa shape index (κ1) is 17.3. The number of carboxylic acids is 1. The summed E-state index contributed by atoms with van der Waals surface area (Å²) in [6.07, 6.45) is -0.795. The second-order valence-corrected chi connectivity index (χ2v) is 8.07. The molecule has 1 aromatic heterocycles. The van der Waals surface area contributed by atoms with Crippen LogP contribution in [-0.2, 0) is 9.59 Å². The molecule has 2 aliphatic heterocycles. The molecule has 0 bridgehead atoms. The summed E-state index contributed by atoms with van der Waals surface area (Å²) < 4.78 is 5.27. The van der Waals surface area contributed by atoms with Gasteiger partial charge < -0.3 is 19.5 Å². The van der Waals surface area contributed by atoms with Crippen LogP contribution in [0.15, 0.2) is 20.2 Å². The van der Waals surface area contributed by atoms with Crippen LogP contribution in [0.3, 0.4) is 0 Å². The van der Waals surface area contributed by atoms with Crippen LogP contribution < -0.4 is 0 Å². The van der Waals surface area contributed by atoms with Crippen molar-refractivity contribution in [1.29, 1.82) is 0 Å². The molecule has 10 heteroatoms. The quantitative estimate of drug-likeness (QED) is 0.433. The van der Waals surface area contributed by atoms with E-state index < -0.39 is 18.0 Å². The topological polar surface area (TPSA) is 117 Å². The maximum absolute atomic E-state index is 12.2. The number of carbonyl (C=O) groups is 2. The molecule has 4 atom stereocenters. The zero-order valence-corrected chi connectivity index (χ0v) is 14.9. The fourth-order valence-electron chi connectivity index (χ4n) is 3.20. The lowest BCUT2D eigenvalue weighted by Gasteiger charge is -2.46. The second-order valence-electron chi connectivity index (χ2n) is 5.77. The van der Waals surface area contributed by atoms with E-state index in [0.717, 1.165) is 0 Å². The van der Waals surface area contributed by atoms with E-state index in [1.807, 2.05) is 6.92 Å². The van der Waals surface area contributed by atoms with Gasteiger partial charge in [0.1, 0.15) is 5.70 Å². The highest BCUT2D eigenvalue weighted by atomic mass is 32.2. The predicted molar refractivity (Wildman–Crippen MR) is 87.0 cm³/mol. The lowest BCUT2D eigenvalue weighted by Crippen LogP contribution is -2.63. The number of aliphatic carboxylic acids is 1. The Labute approximate surface area is 146 Å². The summed E-state index contributed by atoms with van der Waals surface area (Å²) >= 11 is 2.67. The van der Waals surface area contributed by atoms with E-state index in [1.165, 1.54) is 28.4 Å². The lowest BCUT2D eigenvalue weighted by atomic mass is 9.79. The van der Waals surface area contributed by atoms with Crippen molar-refractivity contribution >= 4 is 35.4 Å². The number of aliphatic hydroxyl groups excluding tert-OH is 1. The van der Waals surface area contributed by atoms with Crippen LogP contribution in [0, 0.1) is 18.8 Å². The molecule has 24 heavy (non-hydrogen) atoms. The molecular formula is C14H17N3O5S2. The molecule has 2 N–H and O–H groups in total. The lowest BCUT2D eigenvalue weighted by molar-refractivity contribution is -0.163. The Kier molecular flexibility index (Phi) is 4.63. The molecule has 1 aromatic rings. The number of nitrogens with zero attached hydrogens (tertiary/aromatic N) is 3. The summed E-state index contributed by atoms with van der Waals surface area (Å²) in [5, 5.41) is 27.8. The fourth-order valence-corrected chi connectivity index (χ4v) is 5.35. The highest BCUT2D eigenvalue weighted by Gasteiger charge is 2.59. The number of rotatable bonds is 6. The van der Waals surface area contributed by atoms with Gasteiger partial charge >= 0.3 is 5.97 Å². The van der Waals surface area contributed by atoms with Crippen molar-refractivity contribution in [3.8, 4) is 0 Å². The summed E-state index contributed by atoms with van der Waals surface area (Å²) in [7, 11) is 0. The number of hydrogen-bond acceptors (Lipinski definition) is 8. The Hall–Kier alpha value is -1.52. The first-order valence-corrected chi connectivity index (χ1v) is 9.34. The van der Waals surface area contributed by atoms with Crippen molar-refractivity contribution in [3.63, 3.8) is 0 Å². The average molecular weight is 371 g/mol. The van der Waals surface area contributed by atoms with E-state index in [0.29, 0.717) is 21.1 Å². The number of β-lactam (4-membered cyclic amide) rings is 1. The molecule has 0 unspecified atom stereocenters. The third-order valence-electron chi connectivity index (χ3n) is 4.22. The van der Waals surface area contributed by atoms with E-state index >= 15 is 0 Å². The molecule has 0 spiro atoms. The van der Waals surface area contributed by atoms with Gasteiger partial charge in [0, 0.05) is 17.7 Å². The van der Waals surface area contributed by atoms with Gasteiger partial charge in [0.15, 0.2) is 0 Å². The van der Waals surface area contributed by atoms with E-state index in [1.54, 1.807) is 13.8 Å². The maximum atomic E-state index is 12.2. The van der Waals surface area contributed by atoms with E-state index in [2.05, 4.69) is 10.2 Å². The van der Waals surface area contributed by atoms with Crippen LogP contribution in [0.2, 0.25) is 0 Å². The first-order valence-electron chi connectivity index (χ1n) is 7.37. The zero-order valence-electron chi connectivity index (χ0n) is 13.3. The van der Waals surface area contributed by atoms with Crippen LogP contribution in [0.5, 0.6) is 0 Å². The van der Waals surface area contributed by atoms with Gasteiger partial charge in [0.25, 0.3) is 5.22 Å². The van der Waals surface area contributed by atoms with Gasteiger partial charge in [-0.25, -0.2) is 4.79 Å². The third kappa shape index (κ3) is 2.72. The van der Waals surface area contributed by atoms with Crippen molar-refractivity contribution in [2.24, 2.45) is 11.8 Å². The van der Waals surface area contributed by atoms with E-state index in [9.17, 15) is 19.8 Å². The van der Waals surface area contributed by atoms with Gasteiger partial charge in [-0.15, -0.1) is 22.0 Å². The van der Waals surface area contributed by atoms with Crippen molar-refractivity contribution in [3.05, 3.63) is 16.5 Å². The number of aryl methyl sites for hydroxylation is 1. The molecule has 0 aromatic carbocycles. The predicted octanol–water partition coefficient (Wildman–Crippen LogP) is 1.31. The number of fused-ring (bicyclic) bond motifs is 1. The Morgan fingerprint density at radius 3 is 2.67 bits per heavy atom. The minimum atomic E-state index is -1.12. The summed E-state index contributed by atoms with van der Waals surface area (Å²) in [5.74, 6) is -1.66. The number of aliphatic hydroxyl groups is 1. The highest BCUT2D eigenvalue weighted by Crippen LogP contribution is 2.51. The maximum Gasteiger partial charge on any atom is 0.353 e. The number of carbonyl (C=O) groups excluding carboxylic acids is 1. The minimum absolute atomic E-state index is 0.0294. The normalized spacial score (nSPS) is 27.2. The fraction of sp³-hybridized carbons (Fsp3) is 0.571. The zero-order chi connectivity index (χ0) is 17.6. The monoisotopic (exact) mass is 371 g/mol. The molecular weight excluding hydrogens is 354 g/mol. The molecule has 3 rings (SSSR count). The van der Waals surface area contributed by atoms with Gasteiger partial charge in [-0.1, -0.05) is 18.7 Å². The largest absolute Gasteiger partial charge is 0.477 e. The summed E-state index contributed by atoms with van der Waals surface area (Å²) in [5.41, 5.74) is 0.0294. The van der Waals surface area contributed by atoms with Crippen molar-refractivity contribution in [2.45, 2.75) is 38.1 Å². The Morgan fingerprint density at radius 1 is 1.42 bits per heavy atom. The summed E-state index contributed by atoms with van der Waals surface area (Å²) in [6.45, 7) is 5.15. The average Bonchev–Trinajstić information content (AvgIpc) is 3.00. The molecule has 0 aliphatic carbocycles. The van der Waals surface area contributed by atoms with Crippen LogP contribution >= 0.6 is 23.5 Å². The van der Waals surface area contributed by atoms with Crippen molar-refractivity contribution in [2.75, 3.05) is 5.08 Å². The number of hydrogen-bond donors (Lipinski definition) is 2. The molecule has 8 nitrogen and oxygen atoms in total. The summed E-state index contributed by atoms with van der Waals surface area (Å²) in [4.78, 5) is 25.8. The Bertz CT molecular complexity index is 717. The Morgan fingerprint density at radius 2 is 2.12 bits per heavy atom. The van der Waals surface area contributed by atoms with Crippen LogP contribution in [0.25, 0.3) is 0 Å². The highest BCUT2D eigenvalue weighted by molar-refractivity contribution is 8.17. The first-order chi connectivity index (χ1) is 11.3. The molecule has 3 heterocycles. The molecule has 1 saturated heterocycles. The molecule has 0 saturated carbocycles. The number of carboxylic acid groups (broad SMARTS) is 1.